The van der Waals surface area contributed by atoms with Crippen molar-refractivity contribution in [3.8, 4) is 11.4 Å². The van der Waals surface area contributed by atoms with E-state index in [2.05, 4.69) is 4.98 Å². The highest BCUT2D eigenvalue weighted by atomic mass is 16.5. The second kappa shape index (κ2) is 4.93. The molecule has 1 N–H and O–H groups in total. The van der Waals surface area contributed by atoms with E-state index in [0.29, 0.717) is 5.69 Å². The number of nitrogens with zero attached hydrogens (tertiary/aromatic N) is 2. The quantitative estimate of drug-likeness (QED) is 0.898. The molecule has 6 nitrogen and oxygen atoms in total. The van der Waals surface area contributed by atoms with Gasteiger partial charge >= 0.3 is 5.97 Å². The van der Waals surface area contributed by atoms with E-state index in [1.54, 1.807) is 12.3 Å². The number of ether oxygens (including phenoxy) is 1. The number of pyridine rings is 2. The molecule has 98 valence electrons. The zero-order chi connectivity index (χ0) is 14.0. The van der Waals surface area contributed by atoms with Gasteiger partial charge in [-0.05, 0) is 18.6 Å². The average Bonchev–Trinajstić information content (AvgIpc) is 2.39. The van der Waals surface area contributed by atoms with Crippen LogP contribution in [0.5, 0.6) is 5.75 Å². The Morgan fingerprint density at radius 2 is 2.21 bits per heavy atom. The Kier molecular flexibility index (Phi) is 3.33. The predicted octanol–water partition coefficient (Wildman–Crippen LogP) is 1.25. The van der Waals surface area contributed by atoms with Crippen molar-refractivity contribution in [2.75, 3.05) is 7.11 Å². The number of aryl methyl sites for hydroxylation is 1. The molecule has 0 unspecified atom stereocenters. The predicted molar refractivity (Wildman–Crippen MR) is 68.1 cm³/mol. The minimum Gasteiger partial charge on any atom is -0.491 e. The van der Waals surface area contributed by atoms with E-state index in [4.69, 9.17) is 4.74 Å². The largest absolute Gasteiger partial charge is 0.491 e. The fourth-order valence-corrected chi connectivity index (χ4v) is 1.74. The molecule has 6 heteroatoms. The van der Waals surface area contributed by atoms with Crippen LogP contribution in [0.2, 0.25) is 0 Å². The second-order valence-corrected chi connectivity index (χ2v) is 3.93. The van der Waals surface area contributed by atoms with Crippen LogP contribution in [0.4, 0.5) is 0 Å². The number of hydrogen-bond acceptors (Lipinski definition) is 4. The van der Waals surface area contributed by atoms with E-state index < -0.39 is 11.4 Å². The maximum atomic E-state index is 11.6. The smallest absolute Gasteiger partial charge is 0.353 e. The third-order valence-electron chi connectivity index (χ3n) is 2.73. The first kappa shape index (κ1) is 12.8. The number of rotatable bonds is 3. The van der Waals surface area contributed by atoms with Crippen LogP contribution < -0.4 is 10.2 Å². The lowest BCUT2D eigenvalue weighted by Crippen LogP contribution is -2.17. The van der Waals surface area contributed by atoms with Gasteiger partial charge in [0.2, 0.25) is 5.43 Å². The monoisotopic (exact) mass is 260 g/mol. The van der Waals surface area contributed by atoms with Crippen molar-refractivity contribution in [2.24, 2.45) is 0 Å². The van der Waals surface area contributed by atoms with Crippen molar-refractivity contribution in [2.45, 2.75) is 6.92 Å². The molecule has 0 saturated carbocycles. The van der Waals surface area contributed by atoms with Crippen molar-refractivity contribution in [1.29, 1.82) is 0 Å². The summed E-state index contributed by atoms with van der Waals surface area (Å²) in [7, 11) is 1.36. The molecule has 0 spiro atoms. The van der Waals surface area contributed by atoms with Crippen LogP contribution in [0.3, 0.4) is 0 Å². The zero-order valence-electron chi connectivity index (χ0n) is 10.5. The van der Waals surface area contributed by atoms with Crippen LogP contribution in [0.1, 0.15) is 16.1 Å². The molecular weight excluding hydrogens is 248 g/mol. The number of aromatic carboxylic acids is 1. The second-order valence-electron chi connectivity index (χ2n) is 3.93. The minimum absolute atomic E-state index is 0.0771. The van der Waals surface area contributed by atoms with Gasteiger partial charge in [0.05, 0.1) is 25.2 Å². The van der Waals surface area contributed by atoms with Crippen molar-refractivity contribution < 1.29 is 14.6 Å². The van der Waals surface area contributed by atoms with Gasteiger partial charge in [0, 0.05) is 12.3 Å². The molecule has 19 heavy (non-hydrogen) atoms. The maximum absolute atomic E-state index is 11.6. The van der Waals surface area contributed by atoms with Crippen molar-refractivity contribution in [3.63, 3.8) is 0 Å². The summed E-state index contributed by atoms with van der Waals surface area (Å²) in [6.07, 6.45) is 4.50. The summed E-state index contributed by atoms with van der Waals surface area (Å²) >= 11 is 0. The van der Waals surface area contributed by atoms with Gasteiger partial charge in [0.25, 0.3) is 0 Å². The van der Waals surface area contributed by atoms with Crippen LogP contribution in [0, 0.1) is 6.92 Å². The number of methoxy groups -OCH3 is 1. The van der Waals surface area contributed by atoms with Crippen LogP contribution in [0.25, 0.3) is 5.69 Å². The Bertz CT molecular complexity index is 691. The molecule has 2 rings (SSSR count). The summed E-state index contributed by atoms with van der Waals surface area (Å²) in [5.41, 5.74) is 0.806. The fourth-order valence-electron chi connectivity index (χ4n) is 1.74. The first-order valence-electron chi connectivity index (χ1n) is 5.49. The van der Waals surface area contributed by atoms with E-state index >= 15 is 0 Å². The third kappa shape index (κ3) is 2.33. The van der Waals surface area contributed by atoms with Crippen LogP contribution in [-0.4, -0.2) is 27.7 Å². The highest BCUT2D eigenvalue weighted by Gasteiger charge is 2.15. The molecule has 0 saturated heterocycles. The Morgan fingerprint density at radius 1 is 1.47 bits per heavy atom. The first-order valence-corrected chi connectivity index (χ1v) is 5.49. The van der Waals surface area contributed by atoms with Gasteiger partial charge in [0.1, 0.15) is 5.69 Å². The van der Waals surface area contributed by atoms with Crippen LogP contribution in [0.15, 0.2) is 35.5 Å². The molecule has 0 aliphatic rings. The topological polar surface area (TPSA) is 81.4 Å². The van der Waals surface area contributed by atoms with Crippen LogP contribution >= 0.6 is 0 Å². The summed E-state index contributed by atoms with van der Waals surface area (Å²) in [4.78, 5) is 26.8. The van der Waals surface area contributed by atoms with E-state index in [0.717, 1.165) is 11.6 Å². The number of carbonyl (C=O) groups is 1. The lowest BCUT2D eigenvalue weighted by molar-refractivity contribution is 0.0687. The van der Waals surface area contributed by atoms with Crippen LogP contribution in [-0.2, 0) is 0 Å². The maximum Gasteiger partial charge on any atom is 0.353 e. The Labute approximate surface area is 108 Å². The van der Waals surface area contributed by atoms with Gasteiger partial charge in [-0.3, -0.25) is 9.78 Å². The van der Waals surface area contributed by atoms with Gasteiger partial charge in [0.15, 0.2) is 5.75 Å². The molecule has 0 aliphatic heterocycles. The molecule has 0 radical (unpaired) electrons. The van der Waals surface area contributed by atoms with E-state index in [1.165, 1.54) is 24.1 Å². The molecule has 0 aromatic carbocycles. The van der Waals surface area contributed by atoms with Crippen molar-refractivity contribution in [3.05, 3.63) is 52.2 Å². The van der Waals surface area contributed by atoms with E-state index in [1.807, 2.05) is 6.92 Å². The van der Waals surface area contributed by atoms with Gasteiger partial charge in [-0.1, -0.05) is 0 Å². The molecule has 0 aliphatic carbocycles. The lowest BCUT2D eigenvalue weighted by Gasteiger charge is -2.13. The molecule has 2 heterocycles. The molecule has 2 aromatic rings. The summed E-state index contributed by atoms with van der Waals surface area (Å²) in [6.45, 7) is 1.83. The molecule has 0 fully saturated rings. The fraction of sp³-hybridized carbons (Fsp3) is 0.154. The van der Waals surface area contributed by atoms with E-state index in [9.17, 15) is 14.7 Å². The van der Waals surface area contributed by atoms with Gasteiger partial charge < -0.3 is 14.4 Å². The molecular formula is C13H12N2O4. The number of carboxylic acids is 1. The molecule has 0 atom stereocenters. The summed E-state index contributed by atoms with van der Waals surface area (Å²) in [5.74, 6) is -1.11. The third-order valence-corrected chi connectivity index (χ3v) is 2.73. The zero-order valence-corrected chi connectivity index (χ0v) is 10.5. The van der Waals surface area contributed by atoms with Gasteiger partial charge in [-0.15, -0.1) is 0 Å². The van der Waals surface area contributed by atoms with Crippen molar-refractivity contribution >= 4 is 5.97 Å². The first-order chi connectivity index (χ1) is 9.04. The average molecular weight is 260 g/mol. The normalized spacial score (nSPS) is 10.2. The standard InChI is InChI=1S/C13H12N2O4/c1-8-3-4-14-6-10(8)15-7-12(19-2)11(16)5-9(15)13(17)18/h3-7H,1-2H3,(H,17,18). The SMILES string of the molecule is COc1cn(-c2cnccc2C)c(C(=O)O)cc1=O. The summed E-state index contributed by atoms with van der Waals surface area (Å²) in [5, 5.41) is 9.18. The van der Waals surface area contributed by atoms with Crippen molar-refractivity contribution in [1.82, 2.24) is 9.55 Å². The highest BCUT2D eigenvalue weighted by Crippen LogP contribution is 2.17. The Hall–Kier alpha value is -2.63. The number of hydrogen-bond donors (Lipinski definition) is 1. The number of carboxylic acid groups (broad SMARTS) is 1. The highest BCUT2D eigenvalue weighted by molar-refractivity contribution is 5.86. The summed E-state index contributed by atoms with van der Waals surface area (Å²) in [6, 6.07) is 2.79. The van der Waals surface area contributed by atoms with Gasteiger partial charge in [-0.25, -0.2) is 4.79 Å². The molecule has 0 amide bonds. The van der Waals surface area contributed by atoms with Gasteiger partial charge in [-0.2, -0.15) is 0 Å². The minimum atomic E-state index is -1.19. The molecule has 2 aromatic heterocycles. The lowest BCUT2D eigenvalue weighted by atomic mass is 10.2. The summed E-state index contributed by atoms with van der Waals surface area (Å²) < 4.78 is 6.31. The Morgan fingerprint density at radius 3 is 2.79 bits per heavy atom. The number of aromatic nitrogens is 2. The molecule has 0 bridgehead atoms. The Balaban J connectivity index is 2.78. The van der Waals surface area contributed by atoms with E-state index in [-0.39, 0.29) is 11.4 Å².